The van der Waals surface area contributed by atoms with Gasteiger partial charge in [-0.05, 0) is 63.0 Å². The minimum Gasteiger partial charge on any atom is -0.342 e. The molecule has 3 aliphatic heterocycles. The molecule has 3 heterocycles. The molecule has 3 aliphatic rings. The van der Waals surface area contributed by atoms with Crippen molar-refractivity contribution in [2.75, 3.05) is 31.1 Å². The van der Waals surface area contributed by atoms with Crippen molar-refractivity contribution in [2.24, 2.45) is 5.92 Å². The normalized spacial score (nSPS) is 24.9. The van der Waals surface area contributed by atoms with E-state index in [4.69, 9.17) is 11.6 Å². The highest BCUT2D eigenvalue weighted by molar-refractivity contribution is 6.30. The monoisotopic (exact) mass is 389 g/mol. The Kier molecular flexibility index (Phi) is 5.19. The Morgan fingerprint density at radius 2 is 1.59 bits per heavy atom. The first-order valence-corrected chi connectivity index (χ1v) is 10.1. The van der Waals surface area contributed by atoms with Gasteiger partial charge in [0.1, 0.15) is 0 Å². The molecule has 0 saturated carbocycles. The van der Waals surface area contributed by atoms with Crippen molar-refractivity contribution in [3.63, 3.8) is 0 Å². The zero-order chi connectivity index (χ0) is 19.0. The van der Waals surface area contributed by atoms with Gasteiger partial charge in [0.05, 0.1) is 18.2 Å². The predicted octanol–water partition coefficient (Wildman–Crippen LogP) is 2.31. The Balaban J connectivity index is 1.38. The summed E-state index contributed by atoms with van der Waals surface area (Å²) in [5, 5.41) is 0.569. The summed E-state index contributed by atoms with van der Waals surface area (Å²) >= 11 is 5.90. The van der Waals surface area contributed by atoms with Gasteiger partial charge in [-0.1, -0.05) is 11.6 Å². The molecular weight excluding hydrogens is 366 g/mol. The number of benzene rings is 1. The maximum atomic E-state index is 12.9. The van der Waals surface area contributed by atoms with Crippen LogP contribution in [-0.4, -0.2) is 59.7 Å². The van der Waals surface area contributed by atoms with E-state index in [2.05, 4.69) is 4.90 Å². The Morgan fingerprint density at radius 1 is 0.963 bits per heavy atom. The standard InChI is InChI=1S/C20H24ClN3O3/c21-15-3-5-16(6-4-15)24-18(25)13-17(20(24)27)22-11-7-14(8-12-22)19(26)23-9-1-2-10-23/h3-6,14,17H,1-2,7-13H2/t17-/m0/s1. The molecule has 3 amide bonds. The fourth-order valence-corrected chi connectivity index (χ4v) is 4.54. The van der Waals surface area contributed by atoms with E-state index in [9.17, 15) is 14.4 Å². The molecule has 1 atom stereocenters. The molecule has 27 heavy (non-hydrogen) atoms. The summed E-state index contributed by atoms with van der Waals surface area (Å²) in [7, 11) is 0. The van der Waals surface area contributed by atoms with Crippen LogP contribution in [0.3, 0.4) is 0 Å². The largest absolute Gasteiger partial charge is 0.342 e. The molecule has 0 aromatic heterocycles. The van der Waals surface area contributed by atoms with E-state index in [0.29, 0.717) is 23.8 Å². The minimum atomic E-state index is -0.420. The molecule has 1 aromatic rings. The van der Waals surface area contributed by atoms with Crippen LogP contribution in [0.5, 0.6) is 0 Å². The highest BCUT2D eigenvalue weighted by Crippen LogP contribution is 2.30. The number of amides is 3. The highest BCUT2D eigenvalue weighted by Gasteiger charge is 2.44. The molecule has 0 unspecified atom stereocenters. The van der Waals surface area contributed by atoms with E-state index in [1.165, 1.54) is 4.90 Å². The van der Waals surface area contributed by atoms with E-state index < -0.39 is 6.04 Å². The third kappa shape index (κ3) is 3.60. The molecule has 6 nitrogen and oxygen atoms in total. The average molecular weight is 390 g/mol. The van der Waals surface area contributed by atoms with Crippen LogP contribution in [0.1, 0.15) is 32.1 Å². The van der Waals surface area contributed by atoms with Crippen molar-refractivity contribution in [1.29, 1.82) is 0 Å². The van der Waals surface area contributed by atoms with Crippen LogP contribution in [0.2, 0.25) is 5.02 Å². The van der Waals surface area contributed by atoms with Crippen LogP contribution >= 0.6 is 11.6 Å². The molecule has 4 rings (SSSR count). The second kappa shape index (κ2) is 7.60. The van der Waals surface area contributed by atoms with Gasteiger partial charge in [-0.15, -0.1) is 0 Å². The maximum Gasteiger partial charge on any atom is 0.251 e. The van der Waals surface area contributed by atoms with E-state index in [0.717, 1.165) is 38.8 Å². The van der Waals surface area contributed by atoms with Crippen molar-refractivity contribution in [3.05, 3.63) is 29.3 Å². The van der Waals surface area contributed by atoms with E-state index >= 15 is 0 Å². The number of hydrogen-bond acceptors (Lipinski definition) is 4. The zero-order valence-electron chi connectivity index (χ0n) is 15.3. The van der Waals surface area contributed by atoms with Gasteiger partial charge in [0.15, 0.2) is 0 Å². The average Bonchev–Trinajstić information content (AvgIpc) is 3.31. The van der Waals surface area contributed by atoms with Gasteiger partial charge < -0.3 is 4.90 Å². The molecule has 0 N–H and O–H groups in total. The number of carbonyl (C=O) groups excluding carboxylic acids is 3. The number of hydrogen-bond donors (Lipinski definition) is 0. The first kappa shape index (κ1) is 18.4. The summed E-state index contributed by atoms with van der Waals surface area (Å²) in [6.45, 7) is 3.13. The summed E-state index contributed by atoms with van der Waals surface area (Å²) in [6.07, 6.45) is 3.92. The second-order valence-corrected chi connectivity index (χ2v) is 8.04. The van der Waals surface area contributed by atoms with Gasteiger partial charge in [0.2, 0.25) is 11.8 Å². The molecule has 0 spiro atoms. The lowest BCUT2D eigenvalue weighted by molar-refractivity contribution is -0.136. The van der Waals surface area contributed by atoms with Gasteiger partial charge in [0.25, 0.3) is 5.91 Å². The van der Waals surface area contributed by atoms with Crippen molar-refractivity contribution >= 4 is 35.0 Å². The molecular formula is C20H24ClN3O3. The van der Waals surface area contributed by atoms with E-state index in [-0.39, 0.29) is 30.1 Å². The van der Waals surface area contributed by atoms with Gasteiger partial charge in [-0.25, -0.2) is 4.90 Å². The first-order valence-electron chi connectivity index (χ1n) is 9.70. The third-order valence-electron chi connectivity index (χ3n) is 5.94. The molecule has 0 aliphatic carbocycles. The van der Waals surface area contributed by atoms with Gasteiger partial charge >= 0.3 is 0 Å². The Morgan fingerprint density at radius 3 is 2.22 bits per heavy atom. The summed E-state index contributed by atoms with van der Waals surface area (Å²) in [4.78, 5) is 43.2. The van der Waals surface area contributed by atoms with Crippen molar-refractivity contribution in [3.8, 4) is 0 Å². The summed E-state index contributed by atoms with van der Waals surface area (Å²) in [6, 6.07) is 6.33. The number of imide groups is 1. The van der Waals surface area contributed by atoms with E-state index in [1.54, 1.807) is 24.3 Å². The lowest BCUT2D eigenvalue weighted by Gasteiger charge is -2.35. The first-order chi connectivity index (χ1) is 13.0. The van der Waals surface area contributed by atoms with Crippen LogP contribution in [0.25, 0.3) is 0 Å². The lowest BCUT2D eigenvalue weighted by Crippen LogP contribution is -2.48. The van der Waals surface area contributed by atoms with Crippen LogP contribution < -0.4 is 4.90 Å². The number of carbonyl (C=O) groups is 3. The van der Waals surface area contributed by atoms with Crippen molar-refractivity contribution in [1.82, 2.24) is 9.80 Å². The number of nitrogens with zero attached hydrogens (tertiary/aromatic N) is 3. The fourth-order valence-electron chi connectivity index (χ4n) is 4.42. The number of likely N-dealkylation sites (tertiary alicyclic amines) is 2. The lowest BCUT2D eigenvalue weighted by atomic mass is 9.94. The summed E-state index contributed by atoms with van der Waals surface area (Å²) in [5.41, 5.74) is 0.566. The zero-order valence-corrected chi connectivity index (χ0v) is 16.0. The number of halogens is 1. The number of rotatable bonds is 3. The SMILES string of the molecule is O=C(C1CCN([C@H]2CC(=O)N(c3ccc(Cl)cc3)C2=O)CC1)N1CCCC1. The molecule has 3 saturated heterocycles. The Bertz CT molecular complexity index is 737. The quantitative estimate of drug-likeness (QED) is 0.744. The van der Waals surface area contributed by atoms with Gasteiger partial charge in [-0.2, -0.15) is 0 Å². The molecule has 144 valence electrons. The van der Waals surface area contributed by atoms with Crippen molar-refractivity contribution < 1.29 is 14.4 Å². The molecule has 0 radical (unpaired) electrons. The molecule has 0 bridgehead atoms. The molecule has 7 heteroatoms. The smallest absolute Gasteiger partial charge is 0.251 e. The summed E-state index contributed by atoms with van der Waals surface area (Å²) < 4.78 is 0. The summed E-state index contributed by atoms with van der Waals surface area (Å²) in [5.74, 6) is -0.0306. The topological polar surface area (TPSA) is 60.9 Å². The minimum absolute atomic E-state index is 0.0546. The van der Waals surface area contributed by atoms with Crippen LogP contribution in [0.4, 0.5) is 5.69 Å². The molecule has 3 fully saturated rings. The van der Waals surface area contributed by atoms with Gasteiger partial charge in [-0.3, -0.25) is 19.3 Å². The van der Waals surface area contributed by atoms with Gasteiger partial charge in [0, 0.05) is 24.0 Å². The molecule has 1 aromatic carbocycles. The highest BCUT2D eigenvalue weighted by atomic mass is 35.5. The fraction of sp³-hybridized carbons (Fsp3) is 0.550. The van der Waals surface area contributed by atoms with Crippen molar-refractivity contribution in [2.45, 2.75) is 38.1 Å². The Labute approximate surface area is 164 Å². The maximum absolute atomic E-state index is 12.9. The van der Waals surface area contributed by atoms with E-state index in [1.807, 2.05) is 4.90 Å². The van der Waals surface area contributed by atoms with Crippen LogP contribution in [-0.2, 0) is 14.4 Å². The Hall–Kier alpha value is -1.92. The third-order valence-corrected chi connectivity index (χ3v) is 6.20. The predicted molar refractivity (Wildman–Crippen MR) is 102 cm³/mol. The number of piperidine rings is 1. The van der Waals surface area contributed by atoms with Crippen LogP contribution in [0, 0.1) is 5.92 Å². The number of anilines is 1. The van der Waals surface area contributed by atoms with Crippen LogP contribution in [0.15, 0.2) is 24.3 Å². The second-order valence-electron chi connectivity index (χ2n) is 7.61.